The molecule has 0 saturated carbocycles. The Labute approximate surface area is 232 Å². The molecule has 2 N–H and O–H groups in total. The summed E-state index contributed by atoms with van der Waals surface area (Å²) in [5, 5.41) is 14.9. The van der Waals surface area contributed by atoms with Gasteiger partial charge in [-0.3, -0.25) is 4.79 Å². The molecule has 0 saturated heterocycles. The van der Waals surface area contributed by atoms with Crippen LogP contribution in [0.25, 0.3) is 0 Å². The highest BCUT2D eigenvalue weighted by atomic mass is 79.9. The number of carbonyl (C=O) groups excluding carboxylic acids is 1. The van der Waals surface area contributed by atoms with Gasteiger partial charge >= 0.3 is 5.17 Å². The van der Waals surface area contributed by atoms with Gasteiger partial charge in [0, 0.05) is 4.47 Å². The molecule has 0 spiro atoms. The van der Waals surface area contributed by atoms with Crippen LogP contribution in [0.4, 0.5) is 5.69 Å². The highest BCUT2D eigenvalue weighted by Gasteiger charge is 2.21. The minimum atomic E-state index is -0.161. The Morgan fingerprint density at radius 1 is 0.806 bits per heavy atom. The second-order valence-corrected chi connectivity index (χ2v) is 10.9. The van der Waals surface area contributed by atoms with Crippen LogP contribution in [0.2, 0.25) is 0 Å². The number of Topliss-reactive ketones (excluding diaryl/α,β-unsaturated/α-hetero) is 1. The van der Waals surface area contributed by atoms with Crippen LogP contribution < -0.4 is 5.32 Å². The Kier molecular flexibility index (Phi) is 9.39. The van der Waals surface area contributed by atoms with E-state index in [1.807, 2.05) is 66.7 Å². The van der Waals surface area contributed by atoms with Crippen molar-refractivity contribution in [1.82, 2.24) is 0 Å². The molecule has 0 radical (unpaired) electrons. The molecule has 4 aromatic rings. The maximum Gasteiger partial charge on any atom is 0.312 e. The number of nitrogens with zero attached hydrogens (tertiary/aromatic N) is 1. The summed E-state index contributed by atoms with van der Waals surface area (Å²) in [6.07, 6.45) is 0. The van der Waals surface area contributed by atoms with Crippen molar-refractivity contribution in [2.75, 3.05) is 11.1 Å². The number of rotatable bonds is 8. The number of benzene rings is 4. The number of nitrogens with one attached hydrogen (secondary N) is 1. The number of halogens is 2. The Balaban J connectivity index is 1.69. The van der Waals surface area contributed by atoms with Crippen molar-refractivity contribution in [2.45, 2.75) is 13.1 Å². The first kappa shape index (κ1) is 26.2. The lowest BCUT2D eigenvalue weighted by Gasteiger charge is -2.14. The van der Waals surface area contributed by atoms with E-state index in [9.17, 15) is 9.90 Å². The molecule has 0 aliphatic heterocycles. The number of phenolic OH excluding ortho intramolecular Hbond substituents is 1. The van der Waals surface area contributed by atoms with E-state index in [0.717, 1.165) is 15.3 Å². The van der Waals surface area contributed by atoms with Crippen molar-refractivity contribution in [3.8, 4) is 5.75 Å². The fourth-order valence-electron chi connectivity index (χ4n) is 3.65. The van der Waals surface area contributed by atoms with E-state index in [0.29, 0.717) is 17.6 Å². The van der Waals surface area contributed by atoms with Crippen LogP contribution in [0.1, 0.15) is 21.5 Å². The Bertz CT molecular complexity index is 1300. The first-order chi connectivity index (χ1) is 17.5. The van der Waals surface area contributed by atoms with E-state index in [1.54, 1.807) is 12.1 Å². The van der Waals surface area contributed by atoms with Gasteiger partial charge in [-0.25, -0.2) is 9.89 Å². The zero-order valence-electron chi connectivity index (χ0n) is 19.4. The monoisotopic (exact) mass is 623 g/mol. The predicted molar refractivity (Wildman–Crippen MR) is 156 cm³/mol. The lowest BCUT2D eigenvalue weighted by molar-refractivity contribution is -0.557. The topological polar surface area (TPSA) is 52.3 Å². The quantitative estimate of drug-likeness (QED) is 0.0912. The summed E-state index contributed by atoms with van der Waals surface area (Å²) in [6, 6.07) is 33.9. The molecule has 0 heterocycles. The van der Waals surface area contributed by atoms with Crippen LogP contribution in [-0.2, 0) is 13.1 Å². The average Bonchev–Trinajstić information content (AvgIpc) is 2.90. The molecular weight excluding hydrogens is 600 g/mol. The predicted octanol–water partition coefficient (Wildman–Crippen LogP) is 7.71. The number of para-hydroxylation sites is 1. The highest BCUT2D eigenvalue weighted by molar-refractivity contribution is 9.11. The lowest BCUT2D eigenvalue weighted by Crippen LogP contribution is -2.26. The molecule has 4 nitrogen and oxygen atoms in total. The van der Waals surface area contributed by atoms with Gasteiger partial charge in [0.15, 0.2) is 5.78 Å². The van der Waals surface area contributed by atoms with Gasteiger partial charge in [-0.15, -0.1) is 0 Å². The maximum absolute atomic E-state index is 13.2. The Morgan fingerprint density at radius 3 is 1.89 bits per heavy atom. The summed E-state index contributed by atoms with van der Waals surface area (Å²) in [5.74, 6) is -0.0517. The first-order valence-electron chi connectivity index (χ1n) is 11.4. The van der Waals surface area contributed by atoms with Gasteiger partial charge < -0.3 is 5.11 Å². The van der Waals surface area contributed by atoms with E-state index in [2.05, 4.69) is 66.0 Å². The summed E-state index contributed by atoms with van der Waals surface area (Å²) >= 11 is 8.16. The number of hydrogen-bond acceptors (Lipinski definition) is 3. The van der Waals surface area contributed by atoms with Gasteiger partial charge in [0.25, 0.3) is 0 Å². The zero-order valence-corrected chi connectivity index (χ0v) is 23.4. The second kappa shape index (κ2) is 12.9. The van der Waals surface area contributed by atoms with Crippen molar-refractivity contribution in [1.29, 1.82) is 0 Å². The molecule has 0 amide bonds. The van der Waals surface area contributed by atoms with E-state index >= 15 is 0 Å². The SMILES string of the molecule is O=C(CSC(Nc1ccccc1)=[N+](Cc1ccccc1)Cc1ccccc1)c1cc(Br)cc(Br)c1O. The van der Waals surface area contributed by atoms with Crippen LogP contribution in [0.3, 0.4) is 0 Å². The van der Waals surface area contributed by atoms with Gasteiger partial charge in [-0.05, 0) is 63.1 Å². The number of hydrogen-bond donors (Lipinski definition) is 2. The van der Waals surface area contributed by atoms with Crippen molar-refractivity contribution in [3.63, 3.8) is 0 Å². The largest absolute Gasteiger partial charge is 0.506 e. The van der Waals surface area contributed by atoms with Crippen LogP contribution in [-0.4, -0.2) is 26.4 Å². The number of carbonyl (C=O) groups is 1. The van der Waals surface area contributed by atoms with E-state index < -0.39 is 0 Å². The third kappa shape index (κ3) is 7.32. The van der Waals surface area contributed by atoms with Crippen molar-refractivity contribution in [3.05, 3.63) is 129 Å². The molecular formula is C29H25Br2N2O2S+. The van der Waals surface area contributed by atoms with Crippen LogP contribution >= 0.6 is 43.6 Å². The highest BCUT2D eigenvalue weighted by Crippen LogP contribution is 2.32. The van der Waals surface area contributed by atoms with Gasteiger partial charge in [0.1, 0.15) is 24.5 Å². The fourth-order valence-corrected chi connectivity index (χ4v) is 5.80. The number of anilines is 1. The van der Waals surface area contributed by atoms with Crippen LogP contribution in [0, 0.1) is 0 Å². The molecule has 36 heavy (non-hydrogen) atoms. The van der Waals surface area contributed by atoms with Gasteiger partial charge in [-0.2, -0.15) is 0 Å². The number of phenols is 1. The van der Waals surface area contributed by atoms with Crippen molar-refractivity contribution >= 4 is 60.3 Å². The molecule has 0 fully saturated rings. The molecule has 4 aromatic carbocycles. The number of amidine groups is 1. The van der Waals surface area contributed by atoms with E-state index in [1.165, 1.54) is 22.9 Å². The normalized spacial score (nSPS) is 10.6. The Morgan fingerprint density at radius 2 is 1.33 bits per heavy atom. The van der Waals surface area contributed by atoms with Crippen molar-refractivity contribution in [2.24, 2.45) is 0 Å². The van der Waals surface area contributed by atoms with E-state index in [-0.39, 0.29) is 22.8 Å². The molecule has 4 rings (SSSR count). The standard InChI is InChI=1S/C29H24Br2N2O2S/c30-23-16-25(28(35)26(31)17-23)27(34)20-36-29(32-24-14-8-3-9-15-24)33(18-21-10-4-1-5-11-21)19-22-12-6-2-7-13-22/h1-17H,18-20H2,(H,34,35)/p+1. The number of ketones is 1. The van der Waals surface area contributed by atoms with Crippen LogP contribution in [0.15, 0.2) is 112 Å². The zero-order chi connectivity index (χ0) is 25.3. The summed E-state index contributed by atoms with van der Waals surface area (Å²) in [7, 11) is 0. The molecule has 0 bridgehead atoms. The summed E-state index contributed by atoms with van der Waals surface area (Å²) in [4.78, 5) is 13.2. The molecule has 0 aromatic heterocycles. The van der Waals surface area contributed by atoms with E-state index in [4.69, 9.17) is 0 Å². The summed E-state index contributed by atoms with van der Waals surface area (Å²) in [5.41, 5.74) is 3.55. The maximum atomic E-state index is 13.2. The van der Waals surface area contributed by atoms with Gasteiger partial charge in [0.05, 0.1) is 15.8 Å². The smallest absolute Gasteiger partial charge is 0.312 e. The van der Waals surface area contributed by atoms with Crippen LogP contribution in [0.5, 0.6) is 5.75 Å². The van der Waals surface area contributed by atoms with Gasteiger partial charge in [-0.1, -0.05) is 94.8 Å². The van der Waals surface area contributed by atoms with Gasteiger partial charge in [0.2, 0.25) is 0 Å². The third-order valence-electron chi connectivity index (χ3n) is 5.41. The molecule has 182 valence electrons. The molecule has 0 atom stereocenters. The lowest BCUT2D eigenvalue weighted by atomic mass is 10.1. The minimum Gasteiger partial charge on any atom is -0.506 e. The first-order valence-corrected chi connectivity index (χ1v) is 13.9. The fraction of sp³-hybridized carbons (Fsp3) is 0.103. The Hall–Kier alpha value is -2.87. The minimum absolute atomic E-state index is 0.0493. The third-order valence-corrected chi connectivity index (χ3v) is 7.52. The average molecular weight is 625 g/mol. The number of aromatic hydroxyl groups is 1. The molecule has 0 aliphatic rings. The molecule has 0 unspecified atom stereocenters. The number of thioether (sulfide) groups is 1. The molecule has 7 heteroatoms. The summed E-state index contributed by atoms with van der Waals surface area (Å²) in [6.45, 7) is 1.33. The summed E-state index contributed by atoms with van der Waals surface area (Å²) < 4.78 is 3.44. The van der Waals surface area contributed by atoms with Crippen molar-refractivity contribution < 1.29 is 14.5 Å². The second-order valence-electron chi connectivity index (χ2n) is 8.12. The molecule has 0 aliphatic carbocycles.